The number of nitrogens with one attached hydrogen (secondary N) is 1. The molecule has 2 N–H and O–H groups in total. The van der Waals surface area contributed by atoms with E-state index < -0.39 is 5.97 Å². The average molecular weight is 286 g/mol. The number of carboxylic acid groups (broad SMARTS) is 1. The summed E-state index contributed by atoms with van der Waals surface area (Å²) in [7, 11) is 1.60. The van der Waals surface area contributed by atoms with Gasteiger partial charge < -0.3 is 15.2 Å². The number of rotatable bonds is 6. The first-order valence-corrected chi connectivity index (χ1v) is 6.77. The topological polar surface area (TPSA) is 71.5 Å². The van der Waals surface area contributed by atoms with E-state index in [-0.39, 0.29) is 5.56 Å². The van der Waals surface area contributed by atoms with Crippen molar-refractivity contribution >= 4 is 17.5 Å². The molecular formula is C16H18N2O3. The number of methoxy groups -OCH3 is 1. The van der Waals surface area contributed by atoms with Gasteiger partial charge in [0.1, 0.15) is 11.6 Å². The average Bonchev–Trinajstić information content (AvgIpc) is 2.47. The van der Waals surface area contributed by atoms with E-state index in [1.807, 2.05) is 31.2 Å². The molecule has 0 unspecified atom stereocenters. The van der Waals surface area contributed by atoms with Gasteiger partial charge >= 0.3 is 5.97 Å². The summed E-state index contributed by atoms with van der Waals surface area (Å²) in [5, 5.41) is 12.3. The summed E-state index contributed by atoms with van der Waals surface area (Å²) >= 11 is 0. The van der Waals surface area contributed by atoms with E-state index in [0.29, 0.717) is 5.82 Å². The third-order valence-corrected chi connectivity index (χ3v) is 2.97. The number of ether oxygens (including phenoxy) is 1. The monoisotopic (exact) mass is 286 g/mol. The summed E-state index contributed by atoms with van der Waals surface area (Å²) in [6.45, 7) is 2.03. The maximum Gasteiger partial charge on any atom is 0.335 e. The van der Waals surface area contributed by atoms with Gasteiger partial charge in [-0.2, -0.15) is 0 Å². The van der Waals surface area contributed by atoms with Crippen LogP contribution in [-0.4, -0.2) is 23.2 Å². The van der Waals surface area contributed by atoms with E-state index in [0.717, 1.165) is 30.0 Å². The number of aryl methyl sites for hydroxylation is 1. The highest BCUT2D eigenvalue weighted by atomic mass is 16.5. The molecule has 0 fully saturated rings. The van der Waals surface area contributed by atoms with Gasteiger partial charge in [0.25, 0.3) is 0 Å². The Labute approximate surface area is 123 Å². The van der Waals surface area contributed by atoms with Crippen LogP contribution < -0.4 is 10.1 Å². The van der Waals surface area contributed by atoms with Crippen LogP contribution in [-0.2, 0) is 6.42 Å². The quantitative estimate of drug-likeness (QED) is 0.850. The Morgan fingerprint density at radius 3 is 2.81 bits per heavy atom. The standard InChI is InChI=1S/C16H18N2O3/c1-3-5-12-8-11(16(19)20)9-15(17-12)18-13-6-4-7-14(10-13)21-2/h4,6-10H,3,5H2,1-2H3,(H,17,18)(H,19,20). The van der Waals surface area contributed by atoms with E-state index in [9.17, 15) is 9.90 Å². The summed E-state index contributed by atoms with van der Waals surface area (Å²) in [4.78, 5) is 15.6. The zero-order valence-electron chi connectivity index (χ0n) is 12.1. The summed E-state index contributed by atoms with van der Waals surface area (Å²) in [5.74, 6) is 0.290. The van der Waals surface area contributed by atoms with Crippen LogP contribution in [0.25, 0.3) is 0 Å². The Bertz CT molecular complexity index is 641. The molecule has 5 heteroatoms. The van der Waals surface area contributed by atoms with Gasteiger partial charge in [0.15, 0.2) is 0 Å². The Morgan fingerprint density at radius 1 is 1.33 bits per heavy atom. The molecule has 0 radical (unpaired) electrons. The van der Waals surface area contributed by atoms with Crippen LogP contribution in [0.1, 0.15) is 29.4 Å². The molecule has 0 atom stereocenters. The van der Waals surface area contributed by atoms with E-state index in [4.69, 9.17) is 4.74 Å². The van der Waals surface area contributed by atoms with Crippen LogP contribution >= 0.6 is 0 Å². The fourth-order valence-electron chi connectivity index (χ4n) is 2.01. The van der Waals surface area contributed by atoms with Gasteiger partial charge in [-0.25, -0.2) is 9.78 Å². The second-order valence-electron chi connectivity index (χ2n) is 4.64. The second kappa shape index (κ2) is 6.74. The first-order chi connectivity index (χ1) is 10.1. The Morgan fingerprint density at radius 2 is 2.14 bits per heavy atom. The number of nitrogens with zero attached hydrogens (tertiary/aromatic N) is 1. The minimum atomic E-state index is -0.955. The van der Waals surface area contributed by atoms with Crippen molar-refractivity contribution in [2.75, 3.05) is 12.4 Å². The van der Waals surface area contributed by atoms with Crippen molar-refractivity contribution in [3.05, 3.63) is 47.7 Å². The van der Waals surface area contributed by atoms with Crippen LogP contribution in [0, 0.1) is 0 Å². The van der Waals surface area contributed by atoms with Crippen molar-refractivity contribution in [1.29, 1.82) is 0 Å². The lowest BCUT2D eigenvalue weighted by Gasteiger charge is -2.10. The number of carbonyl (C=O) groups is 1. The molecule has 21 heavy (non-hydrogen) atoms. The van der Waals surface area contributed by atoms with E-state index >= 15 is 0 Å². The van der Waals surface area contributed by atoms with Gasteiger partial charge in [0.05, 0.1) is 12.7 Å². The van der Waals surface area contributed by atoms with Crippen LogP contribution in [0.3, 0.4) is 0 Å². The van der Waals surface area contributed by atoms with Gasteiger partial charge in [-0.1, -0.05) is 19.4 Å². The highest BCUT2D eigenvalue weighted by Crippen LogP contribution is 2.21. The normalized spacial score (nSPS) is 10.2. The van der Waals surface area contributed by atoms with Crippen molar-refractivity contribution in [3.63, 3.8) is 0 Å². The highest BCUT2D eigenvalue weighted by molar-refractivity contribution is 5.88. The minimum Gasteiger partial charge on any atom is -0.497 e. The number of aromatic carboxylic acids is 1. The van der Waals surface area contributed by atoms with Crippen molar-refractivity contribution in [2.45, 2.75) is 19.8 Å². The minimum absolute atomic E-state index is 0.235. The van der Waals surface area contributed by atoms with Gasteiger partial charge in [0, 0.05) is 17.4 Å². The fourth-order valence-corrected chi connectivity index (χ4v) is 2.01. The number of hydrogen-bond donors (Lipinski definition) is 2. The number of benzene rings is 1. The number of anilines is 2. The molecule has 0 aliphatic heterocycles. The molecule has 0 saturated heterocycles. The molecule has 0 saturated carbocycles. The predicted octanol–water partition coefficient (Wildman–Crippen LogP) is 3.48. The highest BCUT2D eigenvalue weighted by Gasteiger charge is 2.08. The van der Waals surface area contributed by atoms with E-state index in [1.54, 1.807) is 13.2 Å². The lowest BCUT2D eigenvalue weighted by molar-refractivity contribution is 0.0696. The molecule has 0 aliphatic rings. The molecule has 0 bridgehead atoms. The summed E-state index contributed by atoms with van der Waals surface area (Å²) in [6.07, 6.45) is 1.66. The largest absolute Gasteiger partial charge is 0.497 e. The van der Waals surface area contributed by atoms with Crippen molar-refractivity contribution in [2.24, 2.45) is 0 Å². The molecule has 1 aromatic carbocycles. The Hall–Kier alpha value is -2.56. The Kier molecular flexibility index (Phi) is 4.77. The molecule has 2 rings (SSSR count). The smallest absolute Gasteiger partial charge is 0.335 e. The summed E-state index contributed by atoms with van der Waals surface area (Å²) in [6, 6.07) is 10.5. The number of aromatic nitrogens is 1. The molecule has 2 aromatic rings. The molecular weight excluding hydrogens is 268 g/mol. The van der Waals surface area contributed by atoms with Crippen molar-refractivity contribution in [3.8, 4) is 5.75 Å². The maximum atomic E-state index is 11.2. The fraction of sp³-hybridized carbons (Fsp3) is 0.250. The van der Waals surface area contributed by atoms with Crippen molar-refractivity contribution in [1.82, 2.24) is 4.98 Å². The SMILES string of the molecule is CCCc1cc(C(=O)O)cc(Nc2cccc(OC)c2)n1. The Balaban J connectivity index is 2.31. The lowest BCUT2D eigenvalue weighted by atomic mass is 10.1. The van der Waals surface area contributed by atoms with Crippen molar-refractivity contribution < 1.29 is 14.6 Å². The number of carboxylic acids is 1. The second-order valence-corrected chi connectivity index (χ2v) is 4.64. The molecule has 1 aromatic heterocycles. The third-order valence-electron chi connectivity index (χ3n) is 2.97. The van der Waals surface area contributed by atoms with E-state index in [1.165, 1.54) is 6.07 Å². The van der Waals surface area contributed by atoms with Gasteiger partial charge in [-0.3, -0.25) is 0 Å². The number of hydrogen-bond acceptors (Lipinski definition) is 4. The van der Waals surface area contributed by atoms with Gasteiger partial charge in [0.2, 0.25) is 0 Å². The molecule has 0 spiro atoms. The molecule has 0 amide bonds. The summed E-state index contributed by atoms with van der Waals surface area (Å²) in [5.41, 5.74) is 1.80. The molecule has 110 valence electrons. The zero-order valence-corrected chi connectivity index (χ0v) is 12.1. The molecule has 1 heterocycles. The van der Waals surface area contributed by atoms with Crippen LogP contribution in [0.5, 0.6) is 5.75 Å². The van der Waals surface area contributed by atoms with Crippen LogP contribution in [0.2, 0.25) is 0 Å². The van der Waals surface area contributed by atoms with E-state index in [2.05, 4.69) is 10.3 Å². The summed E-state index contributed by atoms with van der Waals surface area (Å²) < 4.78 is 5.16. The molecule has 0 aliphatic carbocycles. The van der Waals surface area contributed by atoms with Crippen LogP contribution in [0.4, 0.5) is 11.5 Å². The maximum absolute atomic E-state index is 11.2. The molecule has 5 nitrogen and oxygen atoms in total. The predicted molar refractivity (Wildman–Crippen MR) is 81.5 cm³/mol. The van der Waals surface area contributed by atoms with Crippen LogP contribution in [0.15, 0.2) is 36.4 Å². The third kappa shape index (κ3) is 3.95. The zero-order chi connectivity index (χ0) is 15.2. The van der Waals surface area contributed by atoms with Gasteiger partial charge in [-0.05, 0) is 30.7 Å². The lowest BCUT2D eigenvalue weighted by Crippen LogP contribution is -2.03. The van der Waals surface area contributed by atoms with Gasteiger partial charge in [-0.15, -0.1) is 0 Å². The first kappa shape index (κ1) is 14.8. The number of pyridine rings is 1. The first-order valence-electron chi connectivity index (χ1n) is 6.77.